The zero-order valence-electron chi connectivity index (χ0n) is 16.7. The van der Waals surface area contributed by atoms with Gasteiger partial charge in [-0.15, -0.1) is 5.10 Å². The van der Waals surface area contributed by atoms with Crippen molar-refractivity contribution < 1.29 is 14.3 Å². The number of benzene rings is 1. The van der Waals surface area contributed by atoms with Crippen molar-refractivity contribution in [3.63, 3.8) is 0 Å². The highest BCUT2D eigenvalue weighted by atomic mass is 32.2. The van der Waals surface area contributed by atoms with Gasteiger partial charge in [-0.25, -0.2) is 4.98 Å². The number of aryl methyl sites for hydroxylation is 1. The topological polar surface area (TPSA) is 69.5 Å². The molecule has 1 saturated heterocycles. The lowest BCUT2D eigenvalue weighted by Crippen LogP contribution is -2.43. The van der Waals surface area contributed by atoms with Gasteiger partial charge in [0.1, 0.15) is 11.1 Å². The summed E-state index contributed by atoms with van der Waals surface area (Å²) in [5.41, 5.74) is 1.06. The van der Waals surface area contributed by atoms with Crippen LogP contribution in [0.4, 0.5) is 0 Å². The van der Waals surface area contributed by atoms with Crippen LogP contribution in [0.5, 0.6) is 11.5 Å². The van der Waals surface area contributed by atoms with E-state index in [0.29, 0.717) is 28.4 Å². The van der Waals surface area contributed by atoms with Crippen LogP contribution >= 0.6 is 11.8 Å². The number of thioether (sulfide) groups is 1. The molecule has 0 aliphatic carbocycles. The molecule has 7 nitrogen and oxygen atoms in total. The Labute approximate surface area is 169 Å². The van der Waals surface area contributed by atoms with Gasteiger partial charge in [0, 0.05) is 6.54 Å². The number of rotatable bonds is 5. The minimum Gasteiger partial charge on any atom is -0.493 e. The summed E-state index contributed by atoms with van der Waals surface area (Å²) < 4.78 is 12.4. The first-order valence-electron chi connectivity index (χ1n) is 9.62. The van der Waals surface area contributed by atoms with Gasteiger partial charge in [-0.3, -0.25) is 9.69 Å². The van der Waals surface area contributed by atoms with Crippen LogP contribution in [-0.2, 0) is 0 Å². The molecular weight excluding hydrogens is 376 g/mol. The summed E-state index contributed by atoms with van der Waals surface area (Å²) in [6.45, 7) is 6.03. The van der Waals surface area contributed by atoms with E-state index >= 15 is 0 Å². The first-order valence-corrected chi connectivity index (χ1v) is 10.5. The first-order chi connectivity index (χ1) is 13.5. The summed E-state index contributed by atoms with van der Waals surface area (Å²) in [5.74, 6) is 2.60. The molecule has 2 aromatic rings. The second kappa shape index (κ2) is 7.75. The number of aromatic nitrogens is 3. The lowest BCUT2D eigenvalue weighted by Gasteiger charge is -2.39. The van der Waals surface area contributed by atoms with Crippen LogP contribution in [0.2, 0.25) is 0 Å². The molecule has 0 N–H and O–H groups in total. The van der Waals surface area contributed by atoms with Crippen molar-refractivity contribution in [1.82, 2.24) is 19.7 Å². The van der Waals surface area contributed by atoms with Crippen molar-refractivity contribution in [1.29, 1.82) is 0 Å². The number of carbonyl (C=O) groups is 1. The molecule has 8 heteroatoms. The summed E-state index contributed by atoms with van der Waals surface area (Å²) in [6, 6.07) is 5.89. The summed E-state index contributed by atoms with van der Waals surface area (Å²) in [7, 11) is 3.27. The fraction of sp³-hybridized carbons (Fsp3) is 0.550. The molecule has 0 saturated carbocycles. The van der Waals surface area contributed by atoms with Crippen molar-refractivity contribution in [3.05, 3.63) is 29.6 Å². The van der Waals surface area contributed by atoms with Crippen molar-refractivity contribution in [2.45, 2.75) is 43.1 Å². The number of methoxy groups -OCH3 is 2. The Morgan fingerprint density at radius 1 is 1.25 bits per heavy atom. The summed E-state index contributed by atoms with van der Waals surface area (Å²) in [6.07, 6.45) is 2.36. The molecule has 4 rings (SSSR count). The maximum atomic E-state index is 13.2. The molecule has 3 atom stereocenters. The van der Waals surface area contributed by atoms with E-state index in [-0.39, 0.29) is 17.2 Å². The first kappa shape index (κ1) is 19.3. The molecule has 0 radical (unpaired) electrons. The Bertz CT molecular complexity index is 884. The van der Waals surface area contributed by atoms with Crippen LogP contribution in [0.25, 0.3) is 0 Å². The van der Waals surface area contributed by atoms with E-state index in [1.807, 2.05) is 25.1 Å². The third kappa shape index (κ3) is 3.39. The Morgan fingerprint density at radius 3 is 2.71 bits per heavy atom. The normalized spacial score (nSPS) is 23.5. The fourth-order valence-electron chi connectivity index (χ4n) is 4.19. The smallest absolute Gasteiger partial charge is 0.264 e. The van der Waals surface area contributed by atoms with Crippen LogP contribution in [0, 0.1) is 12.8 Å². The van der Waals surface area contributed by atoms with Gasteiger partial charge in [-0.2, -0.15) is 4.68 Å². The second-order valence-electron chi connectivity index (χ2n) is 7.53. The standard InChI is InChI=1S/C20H26N4O3S/c1-12-6-5-9-23(11-12)17(14-7-8-15(26-3)16(10-14)27-4)18-19(25)24-20(28-18)21-13(2)22-24/h7-8,10,12,17-18H,5-6,9,11H2,1-4H3. The maximum Gasteiger partial charge on any atom is 0.264 e. The third-order valence-electron chi connectivity index (χ3n) is 5.49. The van der Waals surface area contributed by atoms with Crippen LogP contribution in [-0.4, -0.2) is 58.1 Å². The molecule has 150 valence electrons. The van der Waals surface area contributed by atoms with E-state index < -0.39 is 0 Å². The number of ether oxygens (including phenoxy) is 2. The summed E-state index contributed by atoms with van der Waals surface area (Å²) >= 11 is 1.51. The monoisotopic (exact) mass is 402 g/mol. The van der Waals surface area contributed by atoms with E-state index in [2.05, 4.69) is 21.9 Å². The molecular formula is C20H26N4O3S. The van der Waals surface area contributed by atoms with E-state index in [1.165, 1.54) is 22.9 Å². The molecule has 1 aromatic carbocycles. The van der Waals surface area contributed by atoms with Crippen molar-refractivity contribution in [3.8, 4) is 11.5 Å². The highest BCUT2D eigenvalue weighted by Crippen LogP contribution is 2.43. The van der Waals surface area contributed by atoms with Crippen LogP contribution in [0.15, 0.2) is 23.4 Å². The number of hydrogen-bond acceptors (Lipinski definition) is 7. The maximum absolute atomic E-state index is 13.2. The second-order valence-corrected chi connectivity index (χ2v) is 8.64. The van der Waals surface area contributed by atoms with Gasteiger partial charge in [0.2, 0.25) is 0 Å². The molecule has 2 aliphatic heterocycles. The molecule has 28 heavy (non-hydrogen) atoms. The highest BCUT2D eigenvalue weighted by molar-refractivity contribution is 8.00. The van der Waals surface area contributed by atoms with Gasteiger partial charge >= 0.3 is 0 Å². The Balaban J connectivity index is 1.73. The number of likely N-dealkylation sites (tertiary alicyclic amines) is 1. The predicted octanol–water partition coefficient (Wildman–Crippen LogP) is 3.19. The molecule has 0 bridgehead atoms. The highest BCUT2D eigenvalue weighted by Gasteiger charge is 2.43. The predicted molar refractivity (Wildman–Crippen MR) is 107 cm³/mol. The van der Waals surface area contributed by atoms with Crippen LogP contribution in [0.3, 0.4) is 0 Å². The third-order valence-corrected chi connectivity index (χ3v) is 6.67. The number of hydrogen-bond donors (Lipinski definition) is 0. The number of fused-ring (bicyclic) bond motifs is 1. The Kier molecular flexibility index (Phi) is 5.33. The van der Waals surface area contributed by atoms with E-state index in [1.54, 1.807) is 14.2 Å². The summed E-state index contributed by atoms with van der Waals surface area (Å²) in [4.78, 5) is 20.0. The van der Waals surface area contributed by atoms with Gasteiger partial charge in [0.05, 0.1) is 20.3 Å². The molecule has 1 aromatic heterocycles. The van der Waals surface area contributed by atoms with Crippen molar-refractivity contribution in [2.75, 3.05) is 27.3 Å². The van der Waals surface area contributed by atoms with E-state index in [9.17, 15) is 4.79 Å². The molecule has 0 spiro atoms. The van der Waals surface area contributed by atoms with Crippen LogP contribution < -0.4 is 9.47 Å². The average Bonchev–Trinajstić information content (AvgIpc) is 3.19. The largest absolute Gasteiger partial charge is 0.493 e. The Hall–Kier alpha value is -2.06. The Morgan fingerprint density at radius 2 is 2.04 bits per heavy atom. The van der Waals surface area contributed by atoms with E-state index in [0.717, 1.165) is 25.1 Å². The number of nitrogens with zero attached hydrogens (tertiary/aromatic N) is 4. The van der Waals surface area contributed by atoms with Gasteiger partial charge in [-0.1, -0.05) is 24.8 Å². The molecule has 2 aliphatic rings. The van der Waals surface area contributed by atoms with Crippen molar-refractivity contribution in [2.24, 2.45) is 5.92 Å². The number of piperidine rings is 1. The molecule has 3 heterocycles. The minimum absolute atomic E-state index is 0.00129. The van der Waals surface area contributed by atoms with Gasteiger partial charge in [0.15, 0.2) is 16.7 Å². The van der Waals surface area contributed by atoms with Crippen molar-refractivity contribution >= 4 is 17.7 Å². The zero-order valence-corrected chi connectivity index (χ0v) is 17.5. The fourth-order valence-corrected chi connectivity index (χ4v) is 5.49. The molecule has 0 amide bonds. The molecule has 1 fully saturated rings. The van der Waals surface area contributed by atoms with Gasteiger partial charge in [-0.05, 0) is 49.9 Å². The lowest BCUT2D eigenvalue weighted by atomic mass is 9.94. The average molecular weight is 403 g/mol. The lowest BCUT2D eigenvalue weighted by molar-refractivity contribution is 0.0787. The minimum atomic E-state index is -0.279. The quantitative estimate of drug-likeness (QED) is 0.761. The number of carbonyl (C=O) groups excluding carboxylic acids is 1. The van der Waals surface area contributed by atoms with Crippen LogP contribution in [0.1, 0.15) is 42.0 Å². The van der Waals surface area contributed by atoms with Gasteiger partial charge < -0.3 is 9.47 Å². The SMILES string of the molecule is COc1ccc(C(C2Sc3nc(C)nn3C2=O)N2CCCC(C)C2)cc1OC. The molecule has 3 unspecified atom stereocenters. The van der Waals surface area contributed by atoms with E-state index in [4.69, 9.17) is 9.47 Å². The zero-order chi connectivity index (χ0) is 19.8. The van der Waals surface area contributed by atoms with Gasteiger partial charge in [0.25, 0.3) is 5.91 Å². The summed E-state index contributed by atoms with van der Waals surface area (Å²) in [5, 5.41) is 4.70.